The maximum absolute atomic E-state index is 13.3. The van der Waals surface area contributed by atoms with Crippen LogP contribution in [0, 0.1) is 0 Å². The molecule has 0 fully saturated rings. The third-order valence-corrected chi connectivity index (χ3v) is 5.11. The highest BCUT2D eigenvalue weighted by molar-refractivity contribution is 8.00. The van der Waals surface area contributed by atoms with Crippen LogP contribution in [0.3, 0.4) is 0 Å². The monoisotopic (exact) mass is 447 g/mol. The Kier molecular flexibility index (Phi) is 7.17. The zero-order chi connectivity index (χ0) is 22.4. The highest BCUT2D eigenvalue weighted by Crippen LogP contribution is 2.33. The molecule has 0 saturated heterocycles. The second kappa shape index (κ2) is 9.82. The van der Waals surface area contributed by atoms with Crippen molar-refractivity contribution >= 4 is 23.4 Å². The van der Waals surface area contributed by atoms with E-state index in [9.17, 15) is 18.0 Å². The van der Waals surface area contributed by atoms with Crippen molar-refractivity contribution in [3.63, 3.8) is 0 Å². The van der Waals surface area contributed by atoms with Crippen molar-refractivity contribution in [2.75, 3.05) is 11.9 Å². The Balaban J connectivity index is 1.77. The van der Waals surface area contributed by atoms with Crippen LogP contribution >= 0.6 is 11.8 Å². The smallest absolute Gasteiger partial charge is 0.433 e. The molecule has 0 aliphatic rings. The molecule has 162 valence electrons. The van der Waals surface area contributed by atoms with Crippen LogP contribution in [0.5, 0.6) is 5.75 Å². The lowest BCUT2D eigenvalue weighted by Crippen LogP contribution is -2.23. The number of aromatic nitrogens is 2. The van der Waals surface area contributed by atoms with Gasteiger partial charge in [0.2, 0.25) is 5.91 Å². The number of carbonyl (C=O) groups is 1. The number of thioether (sulfide) groups is 1. The molecule has 0 saturated carbocycles. The summed E-state index contributed by atoms with van der Waals surface area (Å²) in [6.45, 7) is 3.98. The molecule has 2 aromatic carbocycles. The zero-order valence-electron chi connectivity index (χ0n) is 16.8. The summed E-state index contributed by atoms with van der Waals surface area (Å²) in [4.78, 5) is 20.4. The number of hydrogen-bond acceptors (Lipinski definition) is 5. The molecule has 31 heavy (non-hydrogen) atoms. The Hall–Kier alpha value is -3.07. The van der Waals surface area contributed by atoms with E-state index in [1.807, 2.05) is 6.92 Å². The zero-order valence-corrected chi connectivity index (χ0v) is 17.6. The van der Waals surface area contributed by atoms with Crippen molar-refractivity contribution in [2.24, 2.45) is 0 Å². The second-order valence-corrected chi connectivity index (χ2v) is 7.80. The number of amides is 1. The Morgan fingerprint density at radius 2 is 1.77 bits per heavy atom. The van der Waals surface area contributed by atoms with E-state index in [-0.39, 0.29) is 16.8 Å². The van der Waals surface area contributed by atoms with E-state index >= 15 is 0 Å². The number of anilines is 1. The van der Waals surface area contributed by atoms with Crippen LogP contribution in [0.2, 0.25) is 0 Å². The van der Waals surface area contributed by atoms with E-state index in [2.05, 4.69) is 15.3 Å². The molecule has 5 nitrogen and oxygen atoms in total. The number of rotatable bonds is 7. The average molecular weight is 447 g/mol. The summed E-state index contributed by atoms with van der Waals surface area (Å²) in [6, 6.07) is 16.2. The van der Waals surface area contributed by atoms with Crippen LogP contribution in [0.15, 0.2) is 65.8 Å². The Morgan fingerprint density at radius 1 is 1.10 bits per heavy atom. The summed E-state index contributed by atoms with van der Waals surface area (Å²) in [5, 5.41) is 1.88. The van der Waals surface area contributed by atoms with Crippen molar-refractivity contribution in [1.82, 2.24) is 9.97 Å². The van der Waals surface area contributed by atoms with E-state index in [0.29, 0.717) is 23.6 Å². The fourth-order valence-corrected chi connectivity index (χ4v) is 3.42. The molecule has 1 atom stereocenters. The first-order chi connectivity index (χ1) is 14.8. The van der Waals surface area contributed by atoms with Crippen molar-refractivity contribution < 1.29 is 22.7 Å². The van der Waals surface area contributed by atoms with Crippen LogP contribution < -0.4 is 10.1 Å². The van der Waals surface area contributed by atoms with Crippen molar-refractivity contribution in [2.45, 2.75) is 30.4 Å². The molecule has 0 bridgehead atoms. The lowest BCUT2D eigenvalue weighted by molar-refractivity contribution is -0.141. The van der Waals surface area contributed by atoms with Gasteiger partial charge in [0.05, 0.1) is 17.6 Å². The summed E-state index contributed by atoms with van der Waals surface area (Å²) >= 11 is 0.862. The van der Waals surface area contributed by atoms with Gasteiger partial charge in [0, 0.05) is 11.3 Å². The number of benzene rings is 2. The Bertz CT molecular complexity index is 1030. The highest BCUT2D eigenvalue weighted by atomic mass is 32.2. The molecule has 0 aliphatic carbocycles. The van der Waals surface area contributed by atoms with E-state index in [4.69, 9.17) is 4.74 Å². The molecular formula is C22H20F3N3O2S. The summed E-state index contributed by atoms with van der Waals surface area (Å²) in [5.74, 6) is 0.296. The topological polar surface area (TPSA) is 64.1 Å². The third kappa shape index (κ3) is 6.21. The molecule has 9 heteroatoms. The lowest BCUT2D eigenvalue weighted by Gasteiger charge is -2.14. The van der Waals surface area contributed by atoms with Gasteiger partial charge < -0.3 is 10.1 Å². The molecule has 0 spiro atoms. The standard InChI is InChI=1S/C22H20F3N3O2S/c1-3-30-17-11-9-16(10-12-17)26-20(29)14(2)31-21-27-18(15-7-5-4-6-8-15)13-19(28-21)22(23,24)25/h4-14H,3H2,1-2H3,(H,26,29)/t14-/m1/s1. The van der Waals surface area contributed by atoms with Gasteiger partial charge >= 0.3 is 6.18 Å². The van der Waals surface area contributed by atoms with Gasteiger partial charge in [-0.3, -0.25) is 4.79 Å². The Morgan fingerprint density at radius 3 is 2.39 bits per heavy atom. The molecule has 0 aliphatic heterocycles. The van der Waals surface area contributed by atoms with Crippen LogP contribution in [0.1, 0.15) is 19.5 Å². The molecular weight excluding hydrogens is 427 g/mol. The molecule has 1 heterocycles. The summed E-state index contributed by atoms with van der Waals surface area (Å²) in [6.07, 6.45) is -4.63. The number of nitrogens with one attached hydrogen (secondary N) is 1. The molecule has 0 unspecified atom stereocenters. The van der Waals surface area contributed by atoms with Gasteiger partial charge in [-0.05, 0) is 44.2 Å². The molecule has 1 amide bonds. The van der Waals surface area contributed by atoms with Gasteiger partial charge in [0.15, 0.2) is 5.16 Å². The highest BCUT2D eigenvalue weighted by Gasteiger charge is 2.34. The fourth-order valence-electron chi connectivity index (χ4n) is 2.64. The number of ether oxygens (including phenoxy) is 1. The summed E-state index contributed by atoms with van der Waals surface area (Å²) in [7, 11) is 0. The first kappa shape index (κ1) is 22.6. The van der Waals surface area contributed by atoms with Gasteiger partial charge in [-0.1, -0.05) is 42.1 Å². The molecule has 1 aromatic heterocycles. The molecule has 0 radical (unpaired) electrons. The van der Waals surface area contributed by atoms with Gasteiger partial charge in [0.1, 0.15) is 11.4 Å². The summed E-state index contributed by atoms with van der Waals surface area (Å²) < 4.78 is 45.4. The minimum atomic E-state index is -4.63. The predicted molar refractivity (Wildman–Crippen MR) is 114 cm³/mol. The van der Waals surface area contributed by atoms with Gasteiger partial charge in [0.25, 0.3) is 0 Å². The first-order valence-corrected chi connectivity index (χ1v) is 10.4. The number of halogens is 3. The lowest BCUT2D eigenvalue weighted by atomic mass is 10.1. The second-order valence-electron chi connectivity index (χ2n) is 6.49. The van der Waals surface area contributed by atoms with Crippen LogP contribution in [-0.2, 0) is 11.0 Å². The number of carbonyl (C=O) groups excluding carboxylic acids is 1. The molecule has 1 N–H and O–H groups in total. The largest absolute Gasteiger partial charge is 0.494 e. The van der Waals surface area contributed by atoms with Crippen LogP contribution in [0.25, 0.3) is 11.3 Å². The van der Waals surface area contributed by atoms with Crippen molar-refractivity contribution in [3.8, 4) is 17.0 Å². The van der Waals surface area contributed by atoms with E-state index < -0.39 is 17.1 Å². The fraction of sp³-hybridized carbons (Fsp3) is 0.227. The van der Waals surface area contributed by atoms with Gasteiger partial charge in [-0.25, -0.2) is 9.97 Å². The molecule has 3 aromatic rings. The molecule has 3 rings (SSSR count). The number of alkyl halides is 3. The maximum atomic E-state index is 13.3. The normalized spacial score (nSPS) is 12.3. The Labute approximate surface area is 182 Å². The van der Waals surface area contributed by atoms with E-state index in [1.54, 1.807) is 61.5 Å². The number of nitrogens with zero attached hydrogens (tertiary/aromatic N) is 2. The van der Waals surface area contributed by atoms with Crippen molar-refractivity contribution in [1.29, 1.82) is 0 Å². The third-order valence-electron chi connectivity index (χ3n) is 4.15. The van der Waals surface area contributed by atoms with Crippen molar-refractivity contribution in [3.05, 3.63) is 66.4 Å². The minimum absolute atomic E-state index is 0.122. The SMILES string of the molecule is CCOc1ccc(NC(=O)[C@@H](C)Sc2nc(-c3ccccc3)cc(C(F)(F)F)n2)cc1. The predicted octanol–water partition coefficient (Wildman–Crippen LogP) is 5.68. The van der Waals surface area contributed by atoms with E-state index in [0.717, 1.165) is 17.8 Å². The van der Waals surface area contributed by atoms with Crippen LogP contribution in [0.4, 0.5) is 18.9 Å². The number of hydrogen-bond donors (Lipinski definition) is 1. The quantitative estimate of drug-likeness (QED) is 0.373. The minimum Gasteiger partial charge on any atom is -0.494 e. The van der Waals surface area contributed by atoms with E-state index in [1.165, 1.54) is 0 Å². The summed E-state index contributed by atoms with van der Waals surface area (Å²) in [5.41, 5.74) is 0.173. The van der Waals surface area contributed by atoms with Gasteiger partial charge in [-0.2, -0.15) is 13.2 Å². The maximum Gasteiger partial charge on any atom is 0.433 e. The van der Waals surface area contributed by atoms with Crippen LogP contribution in [-0.4, -0.2) is 27.7 Å². The average Bonchev–Trinajstić information content (AvgIpc) is 2.75. The first-order valence-electron chi connectivity index (χ1n) is 9.48. The van der Waals surface area contributed by atoms with Gasteiger partial charge in [-0.15, -0.1) is 0 Å².